The Morgan fingerprint density at radius 2 is 2.29 bits per heavy atom. The van der Waals surface area contributed by atoms with Crippen molar-refractivity contribution in [1.29, 1.82) is 0 Å². The first-order valence-corrected chi connectivity index (χ1v) is 5.98. The maximum atomic E-state index is 9.59. The summed E-state index contributed by atoms with van der Waals surface area (Å²) in [6.45, 7) is 3.67. The second kappa shape index (κ2) is 4.84. The molecule has 3 N–H and O–H groups in total. The Hall–Kier alpha value is -1.42. The number of benzene rings is 1. The molecule has 0 aromatic heterocycles. The average Bonchev–Trinajstić information content (AvgIpc) is 2.78. The summed E-state index contributed by atoms with van der Waals surface area (Å²) in [5, 5.41) is 9.59. The minimum absolute atomic E-state index is 0.250. The molecule has 0 amide bonds. The van der Waals surface area contributed by atoms with Crippen LogP contribution in [0.2, 0.25) is 0 Å². The number of nitrogens with zero attached hydrogens (tertiary/aromatic N) is 1. The Balaban J connectivity index is 2.13. The van der Waals surface area contributed by atoms with E-state index < -0.39 is 0 Å². The molecule has 1 saturated heterocycles. The van der Waals surface area contributed by atoms with Gasteiger partial charge in [0.25, 0.3) is 0 Å². The molecule has 1 aromatic carbocycles. The topological polar surface area (TPSA) is 58.7 Å². The third-order valence-electron chi connectivity index (χ3n) is 3.48. The lowest BCUT2D eigenvalue weighted by atomic mass is 10.0. The van der Waals surface area contributed by atoms with E-state index in [2.05, 4.69) is 4.90 Å². The quantitative estimate of drug-likeness (QED) is 0.781. The van der Waals surface area contributed by atoms with Crippen LogP contribution in [0.15, 0.2) is 18.2 Å². The number of hydrogen-bond donors (Lipinski definition) is 2. The fraction of sp³-hybridized carbons (Fsp3) is 0.538. The fourth-order valence-electron chi connectivity index (χ4n) is 2.35. The lowest BCUT2D eigenvalue weighted by molar-refractivity contribution is 0.136. The van der Waals surface area contributed by atoms with Crippen molar-refractivity contribution in [2.45, 2.75) is 19.4 Å². The van der Waals surface area contributed by atoms with Crippen molar-refractivity contribution in [3.8, 4) is 5.75 Å². The Kier molecular flexibility index (Phi) is 3.43. The highest BCUT2D eigenvalue weighted by molar-refractivity contribution is 5.69. The predicted molar refractivity (Wildman–Crippen MR) is 69.4 cm³/mol. The summed E-state index contributed by atoms with van der Waals surface area (Å²) < 4.78 is 5.13. The van der Waals surface area contributed by atoms with Crippen molar-refractivity contribution < 1.29 is 9.84 Å². The molecule has 1 heterocycles. The van der Waals surface area contributed by atoms with E-state index in [1.165, 1.54) is 0 Å². The van der Waals surface area contributed by atoms with Crippen LogP contribution in [0.3, 0.4) is 0 Å². The Labute approximate surface area is 102 Å². The molecule has 4 nitrogen and oxygen atoms in total. The zero-order valence-corrected chi connectivity index (χ0v) is 10.4. The summed E-state index contributed by atoms with van der Waals surface area (Å²) in [7, 11) is 1.63. The Morgan fingerprint density at radius 1 is 1.53 bits per heavy atom. The summed E-state index contributed by atoms with van der Waals surface area (Å²) in [4.78, 5) is 2.23. The van der Waals surface area contributed by atoms with E-state index in [1.54, 1.807) is 7.11 Å². The van der Waals surface area contributed by atoms with Crippen molar-refractivity contribution in [2.24, 2.45) is 5.92 Å². The third-order valence-corrected chi connectivity index (χ3v) is 3.48. The van der Waals surface area contributed by atoms with Gasteiger partial charge >= 0.3 is 0 Å². The van der Waals surface area contributed by atoms with E-state index in [1.807, 2.05) is 25.1 Å². The van der Waals surface area contributed by atoms with Gasteiger partial charge in [0.05, 0.1) is 24.6 Å². The summed E-state index contributed by atoms with van der Waals surface area (Å²) in [5.41, 5.74) is 7.78. The number of ether oxygens (including phenoxy) is 1. The van der Waals surface area contributed by atoms with Crippen LogP contribution in [-0.4, -0.2) is 31.4 Å². The molecule has 2 unspecified atom stereocenters. The van der Waals surface area contributed by atoms with Gasteiger partial charge in [-0.1, -0.05) is 0 Å². The third kappa shape index (κ3) is 2.47. The maximum Gasteiger partial charge on any atom is 0.121 e. The second-order valence-corrected chi connectivity index (χ2v) is 4.66. The number of aliphatic hydroxyl groups excluding tert-OH is 1. The number of nitrogen functional groups attached to an aromatic ring is 1. The largest absolute Gasteiger partial charge is 0.497 e. The smallest absolute Gasteiger partial charge is 0.121 e. The molecular weight excluding hydrogens is 216 g/mol. The highest BCUT2D eigenvalue weighted by Gasteiger charge is 2.26. The maximum absolute atomic E-state index is 9.59. The number of nitrogens with two attached hydrogens (primary N) is 1. The molecule has 0 radical (unpaired) electrons. The molecule has 0 bridgehead atoms. The average molecular weight is 236 g/mol. The van der Waals surface area contributed by atoms with Gasteiger partial charge in [-0.3, -0.25) is 0 Å². The first kappa shape index (κ1) is 12.0. The van der Waals surface area contributed by atoms with Gasteiger partial charge in [-0.05, 0) is 25.5 Å². The van der Waals surface area contributed by atoms with Crippen LogP contribution in [-0.2, 0) is 0 Å². The van der Waals surface area contributed by atoms with Crippen molar-refractivity contribution in [2.75, 3.05) is 30.8 Å². The van der Waals surface area contributed by atoms with Gasteiger partial charge in [-0.25, -0.2) is 0 Å². The summed E-state index contributed by atoms with van der Waals surface area (Å²) in [6.07, 6.45) is 0.767. The van der Waals surface area contributed by atoms with Crippen LogP contribution >= 0.6 is 0 Å². The normalized spacial score (nSPS) is 21.6. The first-order chi connectivity index (χ1) is 8.11. The lowest BCUT2D eigenvalue weighted by Gasteiger charge is -2.21. The van der Waals surface area contributed by atoms with E-state index in [0.29, 0.717) is 5.92 Å². The second-order valence-electron chi connectivity index (χ2n) is 4.66. The van der Waals surface area contributed by atoms with Crippen molar-refractivity contribution >= 4 is 11.4 Å². The number of aliphatic hydroxyl groups is 1. The van der Waals surface area contributed by atoms with Gasteiger partial charge in [0, 0.05) is 25.1 Å². The lowest BCUT2D eigenvalue weighted by Crippen LogP contribution is -2.24. The van der Waals surface area contributed by atoms with Gasteiger partial charge in [0.1, 0.15) is 5.75 Å². The molecule has 2 atom stereocenters. The fourth-order valence-corrected chi connectivity index (χ4v) is 2.35. The molecule has 17 heavy (non-hydrogen) atoms. The minimum atomic E-state index is -0.250. The van der Waals surface area contributed by atoms with Crippen LogP contribution in [0.25, 0.3) is 0 Å². The zero-order chi connectivity index (χ0) is 12.4. The van der Waals surface area contributed by atoms with Crippen molar-refractivity contribution in [3.63, 3.8) is 0 Å². The summed E-state index contributed by atoms with van der Waals surface area (Å²) in [6, 6.07) is 5.74. The molecule has 1 aliphatic heterocycles. The van der Waals surface area contributed by atoms with Crippen LogP contribution in [0.1, 0.15) is 13.3 Å². The highest BCUT2D eigenvalue weighted by atomic mass is 16.5. The molecule has 0 spiro atoms. The zero-order valence-electron chi connectivity index (χ0n) is 10.4. The van der Waals surface area contributed by atoms with E-state index in [4.69, 9.17) is 10.5 Å². The van der Waals surface area contributed by atoms with Crippen LogP contribution < -0.4 is 15.4 Å². The van der Waals surface area contributed by atoms with Gasteiger partial charge in [0.2, 0.25) is 0 Å². The number of methoxy groups -OCH3 is 1. The molecule has 1 aliphatic rings. The van der Waals surface area contributed by atoms with E-state index in [9.17, 15) is 5.11 Å². The van der Waals surface area contributed by atoms with Crippen LogP contribution in [0, 0.1) is 5.92 Å². The molecule has 0 aliphatic carbocycles. The molecule has 1 aromatic rings. The molecule has 94 valence electrons. The SMILES string of the molecule is COc1ccc(N2CCC(C(C)O)C2)c(N)c1. The Bertz CT molecular complexity index is 393. The first-order valence-electron chi connectivity index (χ1n) is 5.98. The van der Waals surface area contributed by atoms with Gasteiger partial charge < -0.3 is 20.5 Å². The number of rotatable bonds is 3. The summed E-state index contributed by atoms with van der Waals surface area (Å²) in [5.74, 6) is 1.12. The van der Waals surface area contributed by atoms with E-state index in [-0.39, 0.29) is 6.10 Å². The van der Waals surface area contributed by atoms with Crippen LogP contribution in [0.4, 0.5) is 11.4 Å². The van der Waals surface area contributed by atoms with E-state index >= 15 is 0 Å². The predicted octanol–water partition coefficient (Wildman–Crippen LogP) is 1.48. The monoisotopic (exact) mass is 236 g/mol. The van der Waals surface area contributed by atoms with E-state index in [0.717, 1.165) is 36.6 Å². The summed E-state index contributed by atoms with van der Waals surface area (Å²) >= 11 is 0. The standard InChI is InChI=1S/C13H20N2O2/c1-9(16)10-5-6-15(8-10)13-4-3-11(17-2)7-12(13)14/h3-4,7,9-10,16H,5-6,8,14H2,1-2H3. The number of anilines is 2. The van der Waals surface area contributed by atoms with Gasteiger partial charge in [0.15, 0.2) is 0 Å². The molecular formula is C13H20N2O2. The molecule has 4 heteroatoms. The minimum Gasteiger partial charge on any atom is -0.497 e. The van der Waals surface area contributed by atoms with Gasteiger partial charge in [-0.2, -0.15) is 0 Å². The number of hydrogen-bond acceptors (Lipinski definition) is 4. The van der Waals surface area contributed by atoms with Crippen molar-refractivity contribution in [3.05, 3.63) is 18.2 Å². The van der Waals surface area contributed by atoms with Gasteiger partial charge in [-0.15, -0.1) is 0 Å². The van der Waals surface area contributed by atoms with Crippen LogP contribution in [0.5, 0.6) is 5.75 Å². The molecule has 2 rings (SSSR count). The molecule has 0 saturated carbocycles. The van der Waals surface area contributed by atoms with Crippen molar-refractivity contribution in [1.82, 2.24) is 0 Å². The molecule has 1 fully saturated rings. The Morgan fingerprint density at radius 3 is 2.82 bits per heavy atom. The highest BCUT2D eigenvalue weighted by Crippen LogP contribution is 2.32.